The Kier molecular flexibility index (Phi) is 15.6. The summed E-state index contributed by atoms with van der Waals surface area (Å²) in [6.07, 6.45) is 1.71. The number of azide groups is 1. The smallest absolute Gasteiger partial charge is 0.413 e. The van der Waals surface area contributed by atoms with Crippen LogP contribution in [-0.2, 0) is 41.7 Å². The molecule has 0 saturated carbocycles. The molecule has 0 saturated heterocycles. The van der Waals surface area contributed by atoms with E-state index in [4.69, 9.17) is 29.3 Å². The Balaban J connectivity index is 1.74. The van der Waals surface area contributed by atoms with Crippen molar-refractivity contribution in [1.82, 2.24) is 15.0 Å². The average molecular weight is 801 g/mol. The minimum Gasteiger partial charge on any atom is -0.489 e. The molecule has 20 heteroatoms. The van der Waals surface area contributed by atoms with E-state index in [0.717, 1.165) is 22.5 Å². The maximum Gasteiger partial charge on any atom is 0.413 e. The minimum absolute atomic E-state index is 0.0609. The summed E-state index contributed by atoms with van der Waals surface area (Å²) in [5.41, 5.74) is 7.43. The van der Waals surface area contributed by atoms with Gasteiger partial charge in [0.2, 0.25) is 11.9 Å². The summed E-state index contributed by atoms with van der Waals surface area (Å²) < 4.78 is 25.7. The highest BCUT2D eigenvalue weighted by molar-refractivity contribution is 7.14. The van der Waals surface area contributed by atoms with Gasteiger partial charge in [-0.1, -0.05) is 22.4 Å². The number of hydrogen-bond acceptors (Lipinski definition) is 13. The minimum atomic E-state index is -1.50. The van der Waals surface area contributed by atoms with Crippen LogP contribution in [0.4, 0.5) is 14.7 Å². The number of amides is 2. The van der Waals surface area contributed by atoms with Crippen LogP contribution in [-0.4, -0.2) is 87.2 Å². The molecule has 0 bridgehead atoms. The number of aliphatic carboxylic acids is 1. The van der Waals surface area contributed by atoms with Crippen LogP contribution in [0.25, 0.3) is 21.6 Å². The number of aryl methyl sites for hydroxylation is 1. The molecule has 1 unspecified atom stereocenters. The number of aromatic nitrogens is 3. The lowest BCUT2D eigenvalue weighted by molar-refractivity contribution is -0.773. The molecule has 2 amide bonds. The van der Waals surface area contributed by atoms with Crippen LogP contribution >= 0.6 is 11.3 Å². The number of nitrogens with one attached hydrogen (secondary N) is 2. The molecule has 304 valence electrons. The zero-order chi connectivity index (χ0) is 41.7. The van der Waals surface area contributed by atoms with E-state index in [1.807, 2.05) is 33.9 Å². The highest BCUT2D eigenvalue weighted by Crippen LogP contribution is 2.23. The first kappa shape index (κ1) is 44.5. The second kappa shape index (κ2) is 19.6. The van der Waals surface area contributed by atoms with Crippen molar-refractivity contribution in [2.45, 2.75) is 105 Å². The number of carbonyl (C=O) groups excluding carboxylic acids is 3. The summed E-state index contributed by atoms with van der Waals surface area (Å²) in [5, 5.41) is 23.8. The quantitative estimate of drug-likeness (QED) is 0.0163. The molecule has 19 nitrogen and oxygen atoms in total. The molecule has 0 aliphatic rings. The molecule has 3 rings (SSSR count). The Bertz CT molecular complexity index is 1900. The van der Waals surface area contributed by atoms with Gasteiger partial charge < -0.3 is 34.2 Å². The van der Waals surface area contributed by atoms with E-state index in [1.54, 1.807) is 74.4 Å². The number of benzene rings is 1. The summed E-state index contributed by atoms with van der Waals surface area (Å²) in [7, 11) is 0. The molecule has 0 radical (unpaired) electrons. The fraction of sp³-hybridized carbons (Fsp3) is 0.528. The fourth-order valence-corrected chi connectivity index (χ4v) is 5.22. The highest BCUT2D eigenvalue weighted by atomic mass is 32.1. The molecule has 2 aromatic heterocycles. The normalized spacial score (nSPS) is 12.5. The topological polar surface area (TPSA) is 242 Å². The van der Waals surface area contributed by atoms with Crippen molar-refractivity contribution in [3.63, 3.8) is 0 Å². The van der Waals surface area contributed by atoms with Gasteiger partial charge in [0.15, 0.2) is 11.7 Å². The van der Waals surface area contributed by atoms with E-state index >= 15 is 0 Å². The third-order valence-corrected chi connectivity index (χ3v) is 7.48. The molecule has 3 aromatic rings. The van der Waals surface area contributed by atoms with Gasteiger partial charge in [0.1, 0.15) is 34.9 Å². The van der Waals surface area contributed by atoms with Gasteiger partial charge in [0.05, 0.1) is 24.8 Å². The molecule has 0 aliphatic carbocycles. The van der Waals surface area contributed by atoms with E-state index in [2.05, 4.69) is 30.8 Å². The van der Waals surface area contributed by atoms with Gasteiger partial charge in [-0.3, -0.25) is 5.32 Å². The first-order valence-electron chi connectivity index (χ1n) is 17.6. The highest BCUT2D eigenvalue weighted by Gasteiger charge is 2.30. The lowest BCUT2D eigenvalue weighted by atomic mass is 10.1. The van der Waals surface area contributed by atoms with E-state index in [-0.39, 0.29) is 24.0 Å². The Labute approximate surface area is 328 Å². The van der Waals surface area contributed by atoms with E-state index in [0.29, 0.717) is 31.8 Å². The molecule has 1 atom stereocenters. The molecule has 56 heavy (non-hydrogen) atoms. The Hall–Kier alpha value is -5.88. The Morgan fingerprint density at radius 3 is 2.21 bits per heavy atom. The molecule has 0 aliphatic heterocycles. The van der Waals surface area contributed by atoms with Crippen molar-refractivity contribution in [1.29, 1.82) is 0 Å². The number of alkyl carbamates (subject to hydrolysis) is 1. The number of esters is 1. The molecule has 0 fully saturated rings. The van der Waals surface area contributed by atoms with E-state index < -0.39 is 52.7 Å². The second-order valence-corrected chi connectivity index (χ2v) is 16.0. The SMILES string of the molecule is CC(C)(C)OC(=O)NCCCn1cc(-c2ccc(OCC(O/N=C(\C(=O)O)c3csc(NC(=O)OC(C)(C)C)n3)C(=O)OC(C)(C)C)cc2)c[n+]1CCN=[N+]=[N-]. The van der Waals surface area contributed by atoms with Crippen molar-refractivity contribution in [3.05, 3.63) is 58.2 Å². The summed E-state index contributed by atoms with van der Waals surface area (Å²) in [4.78, 5) is 61.8. The number of carbonyl (C=O) groups is 4. The van der Waals surface area contributed by atoms with Crippen molar-refractivity contribution in [2.75, 3.05) is 25.0 Å². The summed E-state index contributed by atoms with van der Waals surface area (Å²) in [6, 6.07) is 7.00. The van der Waals surface area contributed by atoms with Crippen LogP contribution < -0.4 is 20.1 Å². The van der Waals surface area contributed by atoms with Gasteiger partial charge in [0, 0.05) is 16.8 Å². The van der Waals surface area contributed by atoms with Crippen molar-refractivity contribution in [2.24, 2.45) is 10.3 Å². The zero-order valence-electron chi connectivity index (χ0n) is 33.0. The zero-order valence-corrected chi connectivity index (χ0v) is 33.8. The van der Waals surface area contributed by atoms with E-state index in [1.165, 1.54) is 5.38 Å². The number of carboxylic acids is 1. The summed E-state index contributed by atoms with van der Waals surface area (Å²) in [6.45, 7) is 16.7. The monoisotopic (exact) mass is 800 g/mol. The van der Waals surface area contributed by atoms with Gasteiger partial charge in [0.25, 0.3) is 6.10 Å². The number of hydrogen-bond donors (Lipinski definition) is 3. The van der Waals surface area contributed by atoms with Crippen molar-refractivity contribution >= 4 is 46.3 Å². The number of anilines is 1. The van der Waals surface area contributed by atoms with Crippen molar-refractivity contribution in [3.8, 4) is 16.9 Å². The lowest BCUT2D eigenvalue weighted by Crippen LogP contribution is -2.44. The molecule has 3 N–H and O–H groups in total. The molecular formula is C36H50N9O10S+. The maximum absolute atomic E-state index is 13.1. The number of oxime groups is 1. The summed E-state index contributed by atoms with van der Waals surface area (Å²) in [5.74, 6) is -1.97. The van der Waals surface area contributed by atoms with Gasteiger partial charge in [-0.05, 0) is 92.0 Å². The molecule has 2 heterocycles. The van der Waals surface area contributed by atoms with Gasteiger partial charge >= 0.3 is 24.1 Å². The predicted molar refractivity (Wildman–Crippen MR) is 205 cm³/mol. The van der Waals surface area contributed by atoms with Crippen LogP contribution in [0.2, 0.25) is 0 Å². The first-order valence-corrected chi connectivity index (χ1v) is 18.5. The average Bonchev–Trinajstić information content (AvgIpc) is 3.69. The van der Waals surface area contributed by atoms with Crippen LogP contribution in [0.5, 0.6) is 5.75 Å². The predicted octanol–water partition coefficient (Wildman–Crippen LogP) is 6.07. The number of thiazole rings is 1. The van der Waals surface area contributed by atoms with Gasteiger partial charge in [-0.25, -0.2) is 24.2 Å². The maximum atomic E-state index is 13.1. The second-order valence-electron chi connectivity index (χ2n) is 15.1. The largest absolute Gasteiger partial charge is 0.489 e. The van der Waals surface area contributed by atoms with Crippen LogP contribution in [0, 0.1) is 0 Å². The van der Waals surface area contributed by atoms with Crippen LogP contribution in [0.3, 0.4) is 0 Å². The lowest BCUT2D eigenvalue weighted by Gasteiger charge is -2.23. The number of carboxylic acid groups (broad SMARTS) is 1. The molecule has 1 aromatic carbocycles. The van der Waals surface area contributed by atoms with Crippen LogP contribution in [0.1, 0.15) is 74.4 Å². The standard InChI is InChI=1S/C36H49N9O10S/c1-34(2,3)52-30(48)27(55-42-28(29(46)47)26-22-56-31(40-26)41-33(50)54-36(7,8)9)21-51-25-13-11-23(12-14-25)24-19-44(45(20-24)18-16-39-43-37)17-10-15-38-32(49)53-35(4,5)6/h11-14,19-20,22,27H,10,15-18,21H2,1-9H3,(H2-,38,40,41,46,47,49,50)/p+1/b42-28-. The number of rotatable bonds is 17. The third-order valence-electron chi connectivity index (χ3n) is 6.72. The van der Waals surface area contributed by atoms with Gasteiger partial charge in [-0.15, -0.1) is 16.0 Å². The number of ether oxygens (including phenoxy) is 4. The van der Waals surface area contributed by atoms with E-state index in [9.17, 15) is 24.3 Å². The molecular weight excluding hydrogens is 751 g/mol. The van der Waals surface area contributed by atoms with Crippen LogP contribution in [0.15, 0.2) is 52.3 Å². The van der Waals surface area contributed by atoms with Crippen molar-refractivity contribution < 1.29 is 52.8 Å². The Morgan fingerprint density at radius 1 is 0.964 bits per heavy atom. The molecule has 0 spiro atoms. The fourth-order valence-electron chi connectivity index (χ4n) is 4.54. The first-order chi connectivity index (χ1) is 26.1. The Morgan fingerprint density at radius 2 is 1.61 bits per heavy atom. The third kappa shape index (κ3) is 15.8. The van der Waals surface area contributed by atoms with Gasteiger partial charge in [-0.2, -0.15) is 4.68 Å². The summed E-state index contributed by atoms with van der Waals surface area (Å²) >= 11 is 0.941. The number of nitrogens with zero attached hydrogens (tertiary/aromatic N) is 7.